The molecule has 0 saturated heterocycles. The highest BCUT2D eigenvalue weighted by Gasteiger charge is 2.22. The van der Waals surface area contributed by atoms with E-state index in [1.807, 2.05) is 0 Å². The molecule has 0 saturated carbocycles. The van der Waals surface area contributed by atoms with Crippen LogP contribution in [0.1, 0.15) is 52.4 Å². The van der Waals surface area contributed by atoms with Crippen molar-refractivity contribution in [1.29, 1.82) is 0 Å². The molecule has 0 aromatic rings. The van der Waals surface area contributed by atoms with Crippen LogP contribution in [0.5, 0.6) is 0 Å². The number of rotatable bonds is 9. The Morgan fingerprint density at radius 2 is 1.88 bits per heavy atom. The van der Waals surface area contributed by atoms with Gasteiger partial charge in [0, 0.05) is 9.52 Å². The van der Waals surface area contributed by atoms with E-state index in [2.05, 4.69) is 25.1 Å². The lowest BCUT2D eigenvalue weighted by Crippen LogP contribution is -2.16. The standard InChI is InChI=1S/C12H26O3Si/c1-4-12(5-2,16-3)9-7-6-8-10-15-11(13)14/h4-10,16H2,1-3H3,(H,13,14). The zero-order chi connectivity index (χ0) is 12.4. The summed E-state index contributed by atoms with van der Waals surface area (Å²) in [6.07, 6.45) is 5.93. The molecule has 0 aliphatic rings. The summed E-state index contributed by atoms with van der Waals surface area (Å²) in [6.45, 7) is 7.35. The largest absolute Gasteiger partial charge is 0.505 e. The predicted octanol–water partition coefficient (Wildman–Crippen LogP) is 3.44. The molecule has 0 rings (SSSR count). The quantitative estimate of drug-likeness (QED) is 0.385. The van der Waals surface area contributed by atoms with Gasteiger partial charge in [-0.1, -0.05) is 52.5 Å². The van der Waals surface area contributed by atoms with Crippen LogP contribution in [-0.4, -0.2) is 27.4 Å². The van der Waals surface area contributed by atoms with Gasteiger partial charge >= 0.3 is 6.16 Å². The van der Waals surface area contributed by atoms with E-state index in [9.17, 15) is 4.79 Å². The van der Waals surface area contributed by atoms with Crippen LogP contribution in [0, 0.1) is 0 Å². The molecule has 1 N–H and O–H groups in total. The maximum absolute atomic E-state index is 10.1. The fourth-order valence-corrected chi connectivity index (χ4v) is 3.82. The van der Waals surface area contributed by atoms with Crippen LogP contribution >= 0.6 is 0 Å². The van der Waals surface area contributed by atoms with Crippen molar-refractivity contribution in [2.24, 2.45) is 0 Å². The Balaban J connectivity index is 3.59. The van der Waals surface area contributed by atoms with Crippen molar-refractivity contribution in [3.8, 4) is 0 Å². The second-order valence-corrected chi connectivity index (χ2v) is 6.69. The van der Waals surface area contributed by atoms with E-state index in [4.69, 9.17) is 5.11 Å². The second-order valence-electron chi connectivity index (χ2n) is 4.49. The van der Waals surface area contributed by atoms with Crippen LogP contribution in [0.4, 0.5) is 4.79 Å². The average Bonchev–Trinajstić information content (AvgIpc) is 2.29. The fraction of sp³-hybridized carbons (Fsp3) is 0.917. The highest BCUT2D eigenvalue weighted by Crippen LogP contribution is 2.39. The third kappa shape index (κ3) is 6.15. The van der Waals surface area contributed by atoms with E-state index in [0.717, 1.165) is 12.8 Å². The minimum atomic E-state index is -1.16. The van der Waals surface area contributed by atoms with Gasteiger partial charge in [0.1, 0.15) is 0 Å². The summed E-state index contributed by atoms with van der Waals surface area (Å²) in [5.41, 5.74) is 0. The molecule has 0 spiro atoms. The van der Waals surface area contributed by atoms with Crippen LogP contribution < -0.4 is 0 Å². The Morgan fingerprint density at radius 1 is 1.25 bits per heavy atom. The molecule has 0 fully saturated rings. The van der Waals surface area contributed by atoms with E-state index < -0.39 is 6.16 Å². The topological polar surface area (TPSA) is 46.5 Å². The zero-order valence-corrected chi connectivity index (χ0v) is 12.3. The molecule has 0 radical (unpaired) electrons. The van der Waals surface area contributed by atoms with E-state index >= 15 is 0 Å². The van der Waals surface area contributed by atoms with Crippen molar-refractivity contribution in [2.45, 2.75) is 64.0 Å². The van der Waals surface area contributed by atoms with Gasteiger partial charge in [-0.05, 0) is 11.5 Å². The normalized spacial score (nSPS) is 12.2. The lowest BCUT2D eigenvalue weighted by molar-refractivity contribution is 0.0899. The molecule has 0 aliphatic carbocycles. The Hall–Kier alpha value is -0.513. The summed E-state index contributed by atoms with van der Waals surface area (Å²) in [7, 11) is 0.0434. The average molecular weight is 246 g/mol. The molecule has 0 unspecified atom stereocenters. The number of hydrogen-bond donors (Lipinski definition) is 1. The van der Waals surface area contributed by atoms with Gasteiger partial charge in [-0.25, -0.2) is 4.79 Å². The Labute approximate surface area is 101 Å². The summed E-state index contributed by atoms with van der Waals surface area (Å²) in [5, 5.41) is 8.94. The maximum Gasteiger partial charge on any atom is 0.505 e. The minimum Gasteiger partial charge on any atom is -0.450 e. The third-order valence-corrected chi connectivity index (χ3v) is 6.68. The Kier molecular flexibility index (Phi) is 8.34. The van der Waals surface area contributed by atoms with E-state index in [-0.39, 0.29) is 9.52 Å². The molecule has 0 amide bonds. The van der Waals surface area contributed by atoms with Gasteiger partial charge in [-0.3, -0.25) is 0 Å². The number of carbonyl (C=O) groups is 1. The summed E-state index contributed by atoms with van der Waals surface area (Å²) >= 11 is 0. The van der Waals surface area contributed by atoms with E-state index in [1.54, 1.807) is 0 Å². The summed E-state index contributed by atoms with van der Waals surface area (Å²) in [6, 6.07) is 0. The van der Waals surface area contributed by atoms with Gasteiger partial charge in [0.05, 0.1) is 6.61 Å². The second kappa shape index (κ2) is 8.62. The molecule has 0 aliphatic heterocycles. The highest BCUT2D eigenvalue weighted by atomic mass is 28.2. The summed E-state index contributed by atoms with van der Waals surface area (Å²) < 4.78 is 4.48. The number of ether oxygens (including phenoxy) is 1. The molecular weight excluding hydrogens is 220 g/mol. The number of hydrogen-bond acceptors (Lipinski definition) is 2. The predicted molar refractivity (Wildman–Crippen MR) is 70.1 cm³/mol. The molecule has 0 aromatic heterocycles. The monoisotopic (exact) mass is 246 g/mol. The van der Waals surface area contributed by atoms with Crippen LogP contribution in [0.25, 0.3) is 0 Å². The Bertz CT molecular complexity index is 182. The molecule has 0 atom stereocenters. The first kappa shape index (κ1) is 15.5. The fourth-order valence-electron chi connectivity index (χ4n) is 2.22. The van der Waals surface area contributed by atoms with Crippen LogP contribution in [-0.2, 0) is 4.74 Å². The smallest absolute Gasteiger partial charge is 0.450 e. The van der Waals surface area contributed by atoms with Gasteiger partial charge in [0.25, 0.3) is 0 Å². The molecule has 0 bridgehead atoms. The number of carboxylic acid groups (broad SMARTS) is 1. The molecule has 4 heteroatoms. The van der Waals surface area contributed by atoms with Crippen LogP contribution in [0.15, 0.2) is 0 Å². The molecule has 3 nitrogen and oxygen atoms in total. The highest BCUT2D eigenvalue weighted by molar-refractivity contribution is 6.38. The van der Waals surface area contributed by atoms with Gasteiger partial charge in [-0.15, -0.1) is 0 Å². The van der Waals surface area contributed by atoms with Crippen LogP contribution in [0.2, 0.25) is 11.6 Å². The summed E-state index contributed by atoms with van der Waals surface area (Å²) in [4.78, 5) is 10.1. The lowest BCUT2D eigenvalue weighted by Gasteiger charge is -2.30. The lowest BCUT2D eigenvalue weighted by atomic mass is 9.94. The van der Waals surface area contributed by atoms with Crippen molar-refractivity contribution in [3.63, 3.8) is 0 Å². The van der Waals surface area contributed by atoms with Gasteiger partial charge in [0.15, 0.2) is 0 Å². The third-order valence-electron chi connectivity index (χ3n) is 3.83. The zero-order valence-electron chi connectivity index (χ0n) is 10.9. The first-order chi connectivity index (χ1) is 7.60. The van der Waals surface area contributed by atoms with Gasteiger partial charge < -0.3 is 9.84 Å². The van der Waals surface area contributed by atoms with E-state index in [1.165, 1.54) is 25.7 Å². The van der Waals surface area contributed by atoms with Crippen molar-refractivity contribution < 1.29 is 14.6 Å². The molecule has 0 aromatic carbocycles. The molecule has 0 heterocycles. The Morgan fingerprint density at radius 3 is 2.31 bits per heavy atom. The van der Waals surface area contributed by atoms with Crippen LogP contribution in [0.3, 0.4) is 0 Å². The van der Waals surface area contributed by atoms with Crippen molar-refractivity contribution in [2.75, 3.05) is 6.61 Å². The molecule has 96 valence electrons. The number of unbranched alkanes of at least 4 members (excludes halogenated alkanes) is 2. The first-order valence-corrected chi connectivity index (χ1v) is 8.58. The van der Waals surface area contributed by atoms with Crippen molar-refractivity contribution in [3.05, 3.63) is 0 Å². The first-order valence-electron chi connectivity index (χ1n) is 6.46. The van der Waals surface area contributed by atoms with Gasteiger partial charge in [-0.2, -0.15) is 0 Å². The minimum absolute atomic E-state index is 0.0434. The maximum atomic E-state index is 10.1. The van der Waals surface area contributed by atoms with Crippen molar-refractivity contribution in [1.82, 2.24) is 0 Å². The molecule has 16 heavy (non-hydrogen) atoms. The summed E-state index contributed by atoms with van der Waals surface area (Å²) in [5.74, 6) is 0. The van der Waals surface area contributed by atoms with Crippen molar-refractivity contribution >= 4 is 15.7 Å². The SMILES string of the molecule is CCC(CC)(CCCCCOC(=O)O)[SiH2]C. The molecular formula is C12H26O3Si. The van der Waals surface area contributed by atoms with Gasteiger partial charge in [0.2, 0.25) is 0 Å². The van der Waals surface area contributed by atoms with E-state index in [0.29, 0.717) is 11.6 Å².